The molecule has 2 aliphatic rings. The van der Waals surface area contributed by atoms with Crippen LogP contribution in [0.2, 0.25) is 0 Å². The fraction of sp³-hybridized carbons (Fsp3) is 0.667. The van der Waals surface area contributed by atoms with Crippen molar-refractivity contribution in [2.45, 2.75) is 39.2 Å². The van der Waals surface area contributed by atoms with Gasteiger partial charge in [0.15, 0.2) is 5.96 Å². The number of hydrogen-bond acceptors (Lipinski definition) is 3. The van der Waals surface area contributed by atoms with Gasteiger partial charge in [-0.2, -0.15) is 0 Å². The van der Waals surface area contributed by atoms with Gasteiger partial charge in [-0.1, -0.05) is 25.0 Å². The minimum absolute atomic E-state index is 0. The zero-order valence-corrected chi connectivity index (χ0v) is 19.0. The third-order valence-corrected chi connectivity index (χ3v) is 5.48. The minimum atomic E-state index is 0. The molecule has 6 heteroatoms. The summed E-state index contributed by atoms with van der Waals surface area (Å²) in [5.74, 6) is 3.68. The Morgan fingerprint density at radius 3 is 2.59 bits per heavy atom. The van der Waals surface area contributed by atoms with Crippen LogP contribution in [-0.2, 0) is 11.3 Å². The topological polar surface area (TPSA) is 46.1 Å². The van der Waals surface area contributed by atoms with Gasteiger partial charge in [0.25, 0.3) is 0 Å². The molecule has 2 atom stereocenters. The van der Waals surface area contributed by atoms with Crippen molar-refractivity contribution in [2.75, 3.05) is 40.0 Å². The highest BCUT2D eigenvalue weighted by molar-refractivity contribution is 14.0. The van der Waals surface area contributed by atoms with Gasteiger partial charge in [-0.3, -0.25) is 0 Å². The molecule has 27 heavy (non-hydrogen) atoms. The standard InChI is InChI=1S/C21H33N3O2.HI/c1-3-22-21(24-15-18-8-4-5-9-19(18)16-24)23-14-17-7-6-10-20(13-17)26-12-11-25-2;/h6-7,10,13,18-19H,3-5,8-9,11-12,14-16H2,1-2H3,(H,22,23);1H. The van der Waals surface area contributed by atoms with Crippen LogP contribution in [0.5, 0.6) is 5.75 Å². The number of guanidine groups is 1. The Balaban J connectivity index is 0.00000261. The van der Waals surface area contributed by atoms with Crippen LogP contribution in [0.15, 0.2) is 29.3 Å². The van der Waals surface area contributed by atoms with Gasteiger partial charge in [-0.25, -0.2) is 4.99 Å². The normalized spacial score (nSPS) is 22.1. The molecule has 0 radical (unpaired) electrons. The van der Waals surface area contributed by atoms with Crippen LogP contribution in [0, 0.1) is 11.8 Å². The van der Waals surface area contributed by atoms with Gasteiger partial charge >= 0.3 is 0 Å². The summed E-state index contributed by atoms with van der Waals surface area (Å²) in [6.07, 6.45) is 5.58. The van der Waals surface area contributed by atoms with Crippen molar-refractivity contribution in [3.63, 3.8) is 0 Å². The Kier molecular flexibility index (Phi) is 9.68. The van der Waals surface area contributed by atoms with Crippen molar-refractivity contribution in [3.05, 3.63) is 29.8 Å². The van der Waals surface area contributed by atoms with E-state index in [1.165, 1.54) is 31.2 Å². The lowest BCUT2D eigenvalue weighted by Gasteiger charge is -2.22. The van der Waals surface area contributed by atoms with E-state index < -0.39 is 0 Å². The smallest absolute Gasteiger partial charge is 0.194 e. The first-order chi connectivity index (χ1) is 12.8. The summed E-state index contributed by atoms with van der Waals surface area (Å²) in [6, 6.07) is 8.20. The van der Waals surface area contributed by atoms with E-state index in [1.54, 1.807) is 7.11 Å². The van der Waals surface area contributed by atoms with Crippen molar-refractivity contribution in [2.24, 2.45) is 16.8 Å². The molecule has 152 valence electrons. The number of likely N-dealkylation sites (tertiary alicyclic amines) is 1. The van der Waals surface area contributed by atoms with E-state index in [2.05, 4.69) is 29.3 Å². The summed E-state index contributed by atoms with van der Waals surface area (Å²) in [5.41, 5.74) is 1.17. The zero-order chi connectivity index (χ0) is 18.2. The van der Waals surface area contributed by atoms with Crippen LogP contribution < -0.4 is 10.1 Å². The molecule has 3 rings (SSSR count). The lowest BCUT2D eigenvalue weighted by molar-refractivity contribution is 0.146. The average molecular weight is 487 g/mol. The van der Waals surface area contributed by atoms with E-state index in [9.17, 15) is 0 Å². The number of nitrogens with zero attached hydrogens (tertiary/aromatic N) is 2. The molecule has 1 aliphatic carbocycles. The Morgan fingerprint density at radius 2 is 1.93 bits per heavy atom. The molecule has 1 heterocycles. The van der Waals surface area contributed by atoms with Crippen molar-refractivity contribution in [1.29, 1.82) is 0 Å². The van der Waals surface area contributed by atoms with Crippen molar-refractivity contribution >= 4 is 29.9 Å². The summed E-state index contributed by atoms with van der Waals surface area (Å²) < 4.78 is 10.7. The second-order valence-corrected chi connectivity index (χ2v) is 7.37. The fourth-order valence-electron chi connectivity index (χ4n) is 4.15. The SMILES string of the molecule is CCNC(=NCc1cccc(OCCOC)c1)N1CC2CCCCC2C1.I. The van der Waals surface area contributed by atoms with Crippen LogP contribution in [0.1, 0.15) is 38.2 Å². The van der Waals surface area contributed by atoms with Gasteiger partial charge in [0.2, 0.25) is 0 Å². The molecule has 2 fully saturated rings. The summed E-state index contributed by atoms with van der Waals surface area (Å²) in [7, 11) is 1.69. The highest BCUT2D eigenvalue weighted by atomic mass is 127. The Bertz CT molecular complexity index is 583. The third kappa shape index (κ3) is 6.52. The molecule has 1 saturated carbocycles. The number of rotatable bonds is 7. The first kappa shape index (κ1) is 22.3. The minimum Gasteiger partial charge on any atom is -0.491 e. The number of ether oxygens (including phenoxy) is 2. The number of methoxy groups -OCH3 is 1. The average Bonchev–Trinajstić information content (AvgIpc) is 3.10. The zero-order valence-electron chi connectivity index (χ0n) is 16.7. The molecule has 1 aliphatic heterocycles. The molecular formula is C21H34IN3O2. The van der Waals surface area contributed by atoms with Gasteiger partial charge in [-0.15, -0.1) is 24.0 Å². The molecule has 0 bridgehead atoms. The van der Waals surface area contributed by atoms with Crippen LogP contribution >= 0.6 is 24.0 Å². The van der Waals surface area contributed by atoms with Gasteiger partial charge < -0.3 is 19.7 Å². The predicted molar refractivity (Wildman–Crippen MR) is 121 cm³/mol. The number of hydrogen-bond donors (Lipinski definition) is 1. The molecule has 1 aromatic carbocycles. The largest absolute Gasteiger partial charge is 0.491 e. The lowest BCUT2D eigenvalue weighted by atomic mass is 9.82. The van der Waals surface area contributed by atoms with Gasteiger partial charge in [-0.05, 0) is 49.3 Å². The second-order valence-electron chi connectivity index (χ2n) is 7.37. The van der Waals surface area contributed by atoms with Gasteiger partial charge in [0.05, 0.1) is 13.2 Å². The Hall–Kier alpha value is -1.02. The summed E-state index contributed by atoms with van der Waals surface area (Å²) >= 11 is 0. The lowest BCUT2D eigenvalue weighted by Crippen LogP contribution is -2.40. The van der Waals surface area contributed by atoms with E-state index in [0.29, 0.717) is 19.8 Å². The van der Waals surface area contributed by atoms with Crippen LogP contribution in [0.25, 0.3) is 0 Å². The number of nitrogens with one attached hydrogen (secondary N) is 1. The van der Waals surface area contributed by atoms with E-state index in [-0.39, 0.29) is 24.0 Å². The highest BCUT2D eigenvalue weighted by Gasteiger charge is 2.35. The number of halogens is 1. The molecule has 2 unspecified atom stereocenters. The first-order valence-electron chi connectivity index (χ1n) is 10.0. The maximum atomic E-state index is 5.71. The molecule has 0 amide bonds. The molecular weight excluding hydrogens is 453 g/mol. The monoisotopic (exact) mass is 487 g/mol. The predicted octanol–water partition coefficient (Wildman–Crippen LogP) is 3.92. The van der Waals surface area contributed by atoms with Crippen LogP contribution in [0.4, 0.5) is 0 Å². The Labute approximate surface area is 180 Å². The molecule has 0 spiro atoms. The molecule has 5 nitrogen and oxygen atoms in total. The third-order valence-electron chi connectivity index (χ3n) is 5.48. The molecule has 0 aromatic heterocycles. The Morgan fingerprint density at radius 1 is 1.19 bits per heavy atom. The number of benzene rings is 1. The van der Waals surface area contributed by atoms with Crippen LogP contribution in [-0.4, -0.2) is 50.8 Å². The van der Waals surface area contributed by atoms with E-state index in [1.807, 2.05) is 12.1 Å². The van der Waals surface area contributed by atoms with Gasteiger partial charge in [0.1, 0.15) is 12.4 Å². The first-order valence-corrected chi connectivity index (χ1v) is 10.0. The van der Waals surface area contributed by atoms with Crippen LogP contribution in [0.3, 0.4) is 0 Å². The van der Waals surface area contributed by atoms with E-state index >= 15 is 0 Å². The number of aliphatic imine (C=N–C) groups is 1. The summed E-state index contributed by atoms with van der Waals surface area (Å²) in [5, 5.41) is 3.49. The fourth-order valence-corrected chi connectivity index (χ4v) is 4.15. The van der Waals surface area contributed by atoms with E-state index in [4.69, 9.17) is 14.5 Å². The van der Waals surface area contributed by atoms with Crippen molar-refractivity contribution in [3.8, 4) is 5.75 Å². The second kappa shape index (κ2) is 11.7. The van der Waals surface area contributed by atoms with Crippen molar-refractivity contribution < 1.29 is 9.47 Å². The van der Waals surface area contributed by atoms with Crippen molar-refractivity contribution in [1.82, 2.24) is 10.2 Å². The quantitative estimate of drug-likeness (QED) is 0.274. The summed E-state index contributed by atoms with van der Waals surface area (Å²) in [6.45, 7) is 7.23. The molecule has 1 aromatic rings. The number of fused-ring (bicyclic) bond motifs is 1. The molecule has 1 saturated heterocycles. The maximum absolute atomic E-state index is 5.71. The molecule has 1 N–H and O–H groups in total. The maximum Gasteiger partial charge on any atom is 0.194 e. The highest BCUT2D eigenvalue weighted by Crippen LogP contribution is 2.36. The van der Waals surface area contributed by atoms with E-state index in [0.717, 1.165) is 43.2 Å². The summed E-state index contributed by atoms with van der Waals surface area (Å²) in [4.78, 5) is 7.39. The van der Waals surface area contributed by atoms with Gasteiger partial charge in [0, 0.05) is 26.7 Å².